The van der Waals surface area contributed by atoms with E-state index >= 15 is 0 Å². The minimum Gasteiger partial charge on any atom is -0.395 e. The van der Waals surface area contributed by atoms with Gasteiger partial charge in [-0.2, -0.15) is 0 Å². The number of fused-ring (bicyclic) bond motifs is 1. The second kappa shape index (κ2) is 5.66. The van der Waals surface area contributed by atoms with Crippen molar-refractivity contribution in [2.24, 2.45) is 0 Å². The van der Waals surface area contributed by atoms with Crippen LogP contribution in [-0.2, 0) is 21.2 Å². The molecule has 4 N–H and O–H groups in total. The normalized spacial score (nSPS) is 14.5. The van der Waals surface area contributed by atoms with Gasteiger partial charge in [-0.05, 0) is 17.7 Å². The Morgan fingerprint density at radius 3 is 2.60 bits per heavy atom. The molecule has 0 unspecified atom stereocenters. The lowest BCUT2D eigenvalue weighted by Crippen LogP contribution is -2.40. The summed E-state index contributed by atoms with van der Waals surface area (Å²) < 4.78 is 26.4. The largest absolute Gasteiger partial charge is 0.395 e. The summed E-state index contributed by atoms with van der Waals surface area (Å²) in [7, 11) is -3.99. The summed E-state index contributed by atoms with van der Waals surface area (Å²) in [4.78, 5) is 11.1. The number of amides is 1. The number of nitrogens with one attached hydrogen (secondary N) is 2. The lowest BCUT2D eigenvalue weighted by Gasteiger charge is -2.15. The molecule has 110 valence electrons. The van der Waals surface area contributed by atoms with Gasteiger partial charge in [-0.1, -0.05) is 11.6 Å². The van der Waals surface area contributed by atoms with Crippen LogP contribution in [0.3, 0.4) is 0 Å². The zero-order chi connectivity index (χ0) is 14.9. The van der Waals surface area contributed by atoms with Gasteiger partial charge in [0.15, 0.2) is 0 Å². The molecule has 7 nitrogen and oxygen atoms in total. The third kappa shape index (κ3) is 2.94. The van der Waals surface area contributed by atoms with E-state index in [-0.39, 0.29) is 22.2 Å². The van der Waals surface area contributed by atoms with Crippen molar-refractivity contribution < 1.29 is 23.4 Å². The Morgan fingerprint density at radius 2 is 2.00 bits per heavy atom. The molecule has 0 bridgehead atoms. The number of carbonyl (C=O) groups excluding carboxylic acids is 1. The van der Waals surface area contributed by atoms with Crippen molar-refractivity contribution in [3.8, 4) is 0 Å². The van der Waals surface area contributed by atoms with Crippen LogP contribution in [0.5, 0.6) is 0 Å². The molecule has 1 aliphatic heterocycles. The van der Waals surface area contributed by atoms with Gasteiger partial charge in [-0.25, -0.2) is 13.1 Å². The van der Waals surface area contributed by atoms with E-state index in [1.54, 1.807) is 0 Å². The standard InChI is InChI=1S/C11H13ClN2O5S/c12-8-3-9-6(2-11(17)13-9)1-10(8)20(18,19)14-7(4-15)5-16/h1,3,7,14-16H,2,4-5H2,(H,13,17). The number of hydrogen-bond donors (Lipinski definition) is 4. The van der Waals surface area contributed by atoms with Crippen molar-refractivity contribution in [1.29, 1.82) is 0 Å². The van der Waals surface area contributed by atoms with Crippen LogP contribution in [0, 0.1) is 0 Å². The first-order valence-electron chi connectivity index (χ1n) is 5.73. The zero-order valence-electron chi connectivity index (χ0n) is 10.3. The van der Waals surface area contributed by atoms with Gasteiger partial charge in [0, 0.05) is 5.69 Å². The van der Waals surface area contributed by atoms with Gasteiger partial charge in [-0.3, -0.25) is 4.79 Å². The van der Waals surface area contributed by atoms with E-state index in [1.165, 1.54) is 12.1 Å². The minimum atomic E-state index is -3.99. The van der Waals surface area contributed by atoms with Crippen LogP contribution < -0.4 is 10.0 Å². The van der Waals surface area contributed by atoms with Gasteiger partial charge in [-0.15, -0.1) is 0 Å². The molecule has 1 aliphatic rings. The SMILES string of the molecule is O=C1Cc2cc(S(=O)(=O)NC(CO)CO)c(Cl)cc2N1. The number of aliphatic hydroxyl groups is 2. The molecule has 0 fully saturated rings. The van der Waals surface area contributed by atoms with Crippen molar-refractivity contribution in [1.82, 2.24) is 4.72 Å². The molecule has 20 heavy (non-hydrogen) atoms. The second-order valence-corrected chi connectivity index (χ2v) is 6.44. The predicted molar refractivity (Wildman–Crippen MR) is 72.1 cm³/mol. The molecule has 0 saturated carbocycles. The van der Waals surface area contributed by atoms with Gasteiger partial charge >= 0.3 is 0 Å². The molecule has 0 aromatic heterocycles. The number of halogens is 1. The number of hydrogen-bond acceptors (Lipinski definition) is 5. The van der Waals surface area contributed by atoms with Crippen LogP contribution in [0.1, 0.15) is 5.56 Å². The molecule has 1 amide bonds. The van der Waals surface area contributed by atoms with Crippen molar-refractivity contribution >= 4 is 33.2 Å². The maximum Gasteiger partial charge on any atom is 0.242 e. The highest BCUT2D eigenvalue weighted by atomic mass is 35.5. The monoisotopic (exact) mass is 320 g/mol. The average Bonchev–Trinajstić information content (AvgIpc) is 2.74. The third-order valence-corrected chi connectivity index (χ3v) is 4.82. The van der Waals surface area contributed by atoms with E-state index < -0.39 is 29.3 Å². The Kier molecular flexibility index (Phi) is 4.31. The lowest BCUT2D eigenvalue weighted by atomic mass is 10.2. The highest BCUT2D eigenvalue weighted by Gasteiger charge is 2.26. The van der Waals surface area contributed by atoms with E-state index in [0.717, 1.165) is 0 Å². The molecular weight excluding hydrogens is 308 g/mol. The van der Waals surface area contributed by atoms with Crippen LogP contribution >= 0.6 is 11.6 Å². The van der Waals surface area contributed by atoms with Gasteiger partial charge in [0.2, 0.25) is 15.9 Å². The number of sulfonamides is 1. The van der Waals surface area contributed by atoms with Gasteiger partial charge < -0.3 is 15.5 Å². The van der Waals surface area contributed by atoms with Crippen LogP contribution in [-0.4, -0.2) is 43.8 Å². The summed E-state index contributed by atoms with van der Waals surface area (Å²) in [6, 6.07) is 1.66. The first-order valence-corrected chi connectivity index (χ1v) is 7.60. The van der Waals surface area contributed by atoms with E-state index in [9.17, 15) is 13.2 Å². The third-order valence-electron chi connectivity index (χ3n) is 2.83. The molecule has 0 saturated heterocycles. The Hall–Kier alpha value is -1.19. The number of carbonyl (C=O) groups is 1. The van der Waals surface area contributed by atoms with Crippen LogP contribution in [0.4, 0.5) is 5.69 Å². The van der Waals surface area contributed by atoms with Crippen molar-refractivity contribution in [2.75, 3.05) is 18.5 Å². The quantitative estimate of drug-likeness (QED) is 0.582. The van der Waals surface area contributed by atoms with Gasteiger partial charge in [0.1, 0.15) is 4.90 Å². The van der Waals surface area contributed by atoms with Crippen molar-refractivity contribution in [3.63, 3.8) is 0 Å². The number of anilines is 1. The highest BCUT2D eigenvalue weighted by Crippen LogP contribution is 2.32. The van der Waals surface area contributed by atoms with E-state index in [2.05, 4.69) is 10.0 Å². The average molecular weight is 321 g/mol. The fourth-order valence-electron chi connectivity index (χ4n) is 1.85. The fraction of sp³-hybridized carbons (Fsp3) is 0.364. The Balaban J connectivity index is 2.38. The predicted octanol–water partition coefficient (Wildman–Crippen LogP) is -0.534. The lowest BCUT2D eigenvalue weighted by molar-refractivity contribution is -0.115. The van der Waals surface area contributed by atoms with E-state index in [4.69, 9.17) is 21.8 Å². The maximum absolute atomic E-state index is 12.1. The summed E-state index contributed by atoms with van der Waals surface area (Å²) in [6.45, 7) is -1.09. The first kappa shape index (κ1) is 15.2. The zero-order valence-corrected chi connectivity index (χ0v) is 11.8. The van der Waals surface area contributed by atoms with Gasteiger partial charge in [0.05, 0.1) is 30.7 Å². The summed E-state index contributed by atoms with van der Waals surface area (Å²) in [5, 5.41) is 20.4. The summed E-state index contributed by atoms with van der Waals surface area (Å²) in [5.74, 6) is -0.234. The minimum absolute atomic E-state index is 0.0481. The molecule has 9 heteroatoms. The Morgan fingerprint density at radius 1 is 1.35 bits per heavy atom. The smallest absolute Gasteiger partial charge is 0.242 e. The highest BCUT2D eigenvalue weighted by molar-refractivity contribution is 7.89. The number of benzene rings is 1. The molecule has 0 atom stereocenters. The summed E-state index contributed by atoms with van der Waals surface area (Å²) >= 11 is 5.91. The molecule has 1 aromatic rings. The molecule has 0 aliphatic carbocycles. The van der Waals surface area contributed by atoms with Crippen LogP contribution in [0.15, 0.2) is 17.0 Å². The maximum atomic E-state index is 12.1. The van der Waals surface area contributed by atoms with Gasteiger partial charge in [0.25, 0.3) is 0 Å². The van der Waals surface area contributed by atoms with E-state index in [1.807, 2.05) is 0 Å². The van der Waals surface area contributed by atoms with Crippen LogP contribution in [0.25, 0.3) is 0 Å². The molecular formula is C11H13ClN2O5S. The summed E-state index contributed by atoms with van der Waals surface area (Å²) in [5.41, 5.74) is 1.02. The number of rotatable bonds is 5. The second-order valence-electron chi connectivity index (χ2n) is 4.35. The fourth-order valence-corrected chi connectivity index (χ4v) is 3.64. The van der Waals surface area contributed by atoms with Crippen molar-refractivity contribution in [2.45, 2.75) is 17.4 Å². The Labute approximate surface area is 120 Å². The summed E-state index contributed by atoms with van der Waals surface area (Å²) in [6.07, 6.45) is 0.0818. The molecule has 0 spiro atoms. The van der Waals surface area contributed by atoms with Crippen LogP contribution in [0.2, 0.25) is 5.02 Å². The molecule has 0 radical (unpaired) electrons. The Bertz CT molecular complexity index is 642. The molecule has 1 aromatic carbocycles. The molecule has 2 rings (SSSR count). The first-order chi connectivity index (χ1) is 9.37. The molecule has 1 heterocycles. The van der Waals surface area contributed by atoms with E-state index in [0.29, 0.717) is 11.3 Å². The van der Waals surface area contributed by atoms with Crippen molar-refractivity contribution in [3.05, 3.63) is 22.7 Å². The number of aliphatic hydroxyl groups excluding tert-OH is 2. The topological polar surface area (TPSA) is 116 Å².